The lowest BCUT2D eigenvalue weighted by atomic mass is 10.1. The number of piperazine rings is 1. The number of rotatable bonds is 5. The Hall–Kier alpha value is -3.16. The molecule has 3 amide bonds. The molecule has 0 atom stereocenters. The molecule has 2 saturated carbocycles. The van der Waals surface area contributed by atoms with Crippen LogP contribution in [-0.4, -0.2) is 66.1 Å². The maximum Gasteiger partial charge on any atom is 0.322 e. The second-order valence-electron chi connectivity index (χ2n) is 9.29. The summed E-state index contributed by atoms with van der Waals surface area (Å²) in [7, 11) is 0. The summed E-state index contributed by atoms with van der Waals surface area (Å²) < 4.78 is 0. The van der Waals surface area contributed by atoms with E-state index in [0.717, 1.165) is 30.5 Å². The molecular weight excluding hydrogens is 404 g/mol. The Morgan fingerprint density at radius 1 is 0.938 bits per heavy atom. The van der Waals surface area contributed by atoms with Crippen molar-refractivity contribution >= 4 is 23.4 Å². The van der Waals surface area contributed by atoms with Crippen LogP contribution in [0, 0.1) is 0 Å². The number of aromatic nitrogens is 2. The van der Waals surface area contributed by atoms with Gasteiger partial charge in [0.15, 0.2) is 0 Å². The number of nitrogens with one attached hydrogen (secondary N) is 1. The quantitative estimate of drug-likeness (QED) is 0.786. The van der Waals surface area contributed by atoms with E-state index in [0.29, 0.717) is 37.8 Å². The molecule has 4 heterocycles. The monoisotopic (exact) mass is 432 g/mol. The van der Waals surface area contributed by atoms with Crippen LogP contribution >= 0.6 is 0 Å². The first-order valence-electron chi connectivity index (χ1n) is 11.7. The third-order valence-electron chi connectivity index (χ3n) is 6.98. The van der Waals surface area contributed by atoms with Crippen molar-refractivity contribution in [2.24, 2.45) is 0 Å². The number of urea groups is 1. The highest BCUT2D eigenvalue weighted by Crippen LogP contribution is 2.47. The molecule has 8 heteroatoms. The Morgan fingerprint density at radius 3 is 2.34 bits per heavy atom. The Bertz CT molecular complexity index is 1040. The van der Waals surface area contributed by atoms with Gasteiger partial charge in [0.2, 0.25) is 0 Å². The highest BCUT2D eigenvalue weighted by molar-refractivity contribution is 5.95. The first-order valence-corrected chi connectivity index (χ1v) is 11.7. The minimum absolute atomic E-state index is 0.0541. The summed E-state index contributed by atoms with van der Waals surface area (Å²) in [5.41, 5.74) is 3.96. The van der Waals surface area contributed by atoms with Gasteiger partial charge in [-0.15, -0.1) is 0 Å². The number of carbonyl (C=O) groups is 2. The van der Waals surface area contributed by atoms with Crippen molar-refractivity contribution in [1.29, 1.82) is 0 Å². The van der Waals surface area contributed by atoms with E-state index in [4.69, 9.17) is 4.98 Å². The average molecular weight is 433 g/mol. The predicted octanol–water partition coefficient (Wildman–Crippen LogP) is 2.72. The molecule has 2 aliphatic carbocycles. The van der Waals surface area contributed by atoms with Crippen molar-refractivity contribution in [1.82, 2.24) is 20.2 Å². The van der Waals surface area contributed by atoms with E-state index in [2.05, 4.69) is 27.5 Å². The Kier molecular flexibility index (Phi) is 4.73. The molecule has 4 aliphatic rings. The topological polar surface area (TPSA) is 81.7 Å². The number of amides is 3. The van der Waals surface area contributed by atoms with E-state index >= 15 is 0 Å². The highest BCUT2D eigenvalue weighted by atomic mass is 16.2. The molecule has 0 aromatic carbocycles. The molecule has 2 aromatic rings. The maximum atomic E-state index is 13.0. The van der Waals surface area contributed by atoms with Crippen molar-refractivity contribution < 1.29 is 9.59 Å². The fourth-order valence-corrected chi connectivity index (χ4v) is 4.76. The Balaban J connectivity index is 1.11. The van der Waals surface area contributed by atoms with Gasteiger partial charge in [0.05, 0.1) is 11.9 Å². The molecule has 0 bridgehead atoms. The van der Waals surface area contributed by atoms with Gasteiger partial charge < -0.3 is 15.1 Å². The molecule has 0 spiro atoms. The molecule has 0 unspecified atom stereocenters. The number of anilines is 2. The van der Waals surface area contributed by atoms with E-state index in [1.807, 2.05) is 4.90 Å². The van der Waals surface area contributed by atoms with Gasteiger partial charge >= 0.3 is 6.03 Å². The fourth-order valence-electron chi connectivity index (χ4n) is 4.76. The summed E-state index contributed by atoms with van der Waals surface area (Å²) in [6, 6.07) is 5.81. The van der Waals surface area contributed by atoms with Crippen LogP contribution in [0.25, 0.3) is 0 Å². The van der Waals surface area contributed by atoms with Crippen LogP contribution in [0.15, 0.2) is 30.6 Å². The van der Waals surface area contributed by atoms with E-state index < -0.39 is 0 Å². The molecule has 0 radical (unpaired) electrons. The summed E-state index contributed by atoms with van der Waals surface area (Å²) in [4.78, 5) is 39.9. The number of hydrogen-bond donors (Lipinski definition) is 1. The lowest BCUT2D eigenvalue weighted by Gasteiger charge is -2.36. The Morgan fingerprint density at radius 2 is 1.72 bits per heavy atom. The SMILES string of the molecule is O=C(c1ccc(N2CCNC2=O)cn1)N1CCN(c2ncc(C3CC3)cc2C2CC2)CC1. The van der Waals surface area contributed by atoms with E-state index in [1.54, 1.807) is 23.2 Å². The molecule has 6 rings (SSSR count). The molecule has 2 aromatic heterocycles. The normalized spacial score (nSPS) is 21.1. The molecule has 4 fully saturated rings. The fraction of sp³-hybridized carbons (Fsp3) is 0.500. The first kappa shape index (κ1) is 19.5. The van der Waals surface area contributed by atoms with Crippen LogP contribution in [0.2, 0.25) is 0 Å². The van der Waals surface area contributed by atoms with Crippen molar-refractivity contribution in [2.75, 3.05) is 49.1 Å². The maximum absolute atomic E-state index is 13.0. The van der Waals surface area contributed by atoms with Gasteiger partial charge in [-0.1, -0.05) is 6.07 Å². The number of hydrogen-bond acceptors (Lipinski definition) is 5. The van der Waals surface area contributed by atoms with Crippen LogP contribution in [0.1, 0.15) is 59.1 Å². The van der Waals surface area contributed by atoms with Crippen LogP contribution in [0.5, 0.6) is 0 Å². The zero-order valence-electron chi connectivity index (χ0n) is 18.2. The molecule has 2 aliphatic heterocycles. The molecular formula is C24H28N6O2. The Labute approximate surface area is 187 Å². The molecule has 166 valence electrons. The number of carbonyl (C=O) groups excluding carboxylic acids is 2. The summed E-state index contributed by atoms with van der Waals surface area (Å²) in [5.74, 6) is 2.45. The third-order valence-corrected chi connectivity index (χ3v) is 6.98. The number of pyridine rings is 2. The van der Waals surface area contributed by atoms with Gasteiger partial charge in [-0.2, -0.15) is 0 Å². The van der Waals surface area contributed by atoms with E-state index in [-0.39, 0.29) is 11.9 Å². The molecule has 8 nitrogen and oxygen atoms in total. The second-order valence-corrected chi connectivity index (χ2v) is 9.29. The summed E-state index contributed by atoms with van der Waals surface area (Å²) in [6.07, 6.45) is 8.81. The lowest BCUT2D eigenvalue weighted by molar-refractivity contribution is 0.0740. The predicted molar refractivity (Wildman–Crippen MR) is 121 cm³/mol. The molecule has 1 N–H and O–H groups in total. The summed E-state index contributed by atoms with van der Waals surface area (Å²) >= 11 is 0. The van der Waals surface area contributed by atoms with Crippen molar-refractivity contribution in [3.63, 3.8) is 0 Å². The van der Waals surface area contributed by atoms with Gasteiger partial charge in [-0.25, -0.2) is 14.8 Å². The average Bonchev–Trinajstić information content (AvgIpc) is 3.76. The minimum atomic E-state index is -0.119. The van der Waals surface area contributed by atoms with Crippen LogP contribution in [0.3, 0.4) is 0 Å². The van der Waals surface area contributed by atoms with Crippen molar-refractivity contribution in [3.05, 3.63) is 47.4 Å². The summed E-state index contributed by atoms with van der Waals surface area (Å²) in [6.45, 7) is 4.14. The molecule has 2 saturated heterocycles. The zero-order valence-corrected chi connectivity index (χ0v) is 18.2. The van der Waals surface area contributed by atoms with Crippen LogP contribution < -0.4 is 15.1 Å². The van der Waals surface area contributed by atoms with Gasteiger partial charge in [0.25, 0.3) is 5.91 Å². The molecule has 32 heavy (non-hydrogen) atoms. The van der Waals surface area contributed by atoms with Gasteiger partial charge in [0, 0.05) is 45.5 Å². The van der Waals surface area contributed by atoms with E-state index in [9.17, 15) is 9.59 Å². The minimum Gasteiger partial charge on any atom is -0.353 e. The largest absolute Gasteiger partial charge is 0.353 e. The number of nitrogens with zero attached hydrogens (tertiary/aromatic N) is 5. The highest BCUT2D eigenvalue weighted by Gasteiger charge is 2.33. The zero-order chi connectivity index (χ0) is 21.7. The third kappa shape index (κ3) is 3.67. The van der Waals surface area contributed by atoms with Gasteiger partial charge in [-0.05, 0) is 60.8 Å². The van der Waals surface area contributed by atoms with Gasteiger partial charge in [-0.3, -0.25) is 9.69 Å². The van der Waals surface area contributed by atoms with Crippen LogP contribution in [-0.2, 0) is 0 Å². The van der Waals surface area contributed by atoms with E-state index in [1.165, 1.54) is 36.8 Å². The second kappa shape index (κ2) is 7.76. The smallest absolute Gasteiger partial charge is 0.322 e. The van der Waals surface area contributed by atoms with Gasteiger partial charge in [0.1, 0.15) is 11.5 Å². The standard InChI is InChI=1S/C24H28N6O2/c31-23(21-6-5-19(15-26-21)30-8-7-25-24(30)32)29-11-9-28(10-12-29)22-20(17-3-4-17)13-18(14-27-22)16-1-2-16/h5-6,13-17H,1-4,7-12H2,(H,25,32). The lowest BCUT2D eigenvalue weighted by Crippen LogP contribution is -2.49. The first-order chi connectivity index (χ1) is 15.7. The summed E-state index contributed by atoms with van der Waals surface area (Å²) in [5, 5.41) is 2.78. The van der Waals surface area contributed by atoms with Crippen molar-refractivity contribution in [2.45, 2.75) is 37.5 Å². The van der Waals surface area contributed by atoms with Crippen molar-refractivity contribution in [3.8, 4) is 0 Å². The van der Waals surface area contributed by atoms with Crippen LogP contribution in [0.4, 0.5) is 16.3 Å².